The Morgan fingerprint density at radius 1 is 1.26 bits per heavy atom. The van der Waals surface area contributed by atoms with Crippen molar-refractivity contribution in [2.24, 2.45) is 7.05 Å². The number of rotatable bonds is 5. The molecule has 0 atom stereocenters. The number of aromatic carboxylic acids is 1. The van der Waals surface area contributed by atoms with Crippen LogP contribution in [0.2, 0.25) is 0 Å². The summed E-state index contributed by atoms with van der Waals surface area (Å²) in [5, 5.41) is 24.0. The molecule has 0 saturated heterocycles. The monoisotopic (exact) mass is 315 g/mol. The van der Waals surface area contributed by atoms with Gasteiger partial charge in [-0.15, -0.1) is 0 Å². The number of nitrogens with zero attached hydrogens (tertiary/aromatic N) is 2. The molecule has 1 amide bonds. The van der Waals surface area contributed by atoms with Gasteiger partial charge in [0.1, 0.15) is 11.3 Å². The molecule has 0 radical (unpaired) electrons. The molecular formula is C15H13N3O5. The molecule has 1 aromatic heterocycles. The second-order valence-corrected chi connectivity index (χ2v) is 4.59. The zero-order chi connectivity index (χ0) is 17.0. The Morgan fingerprint density at radius 3 is 2.65 bits per heavy atom. The maximum absolute atomic E-state index is 12.3. The van der Waals surface area contributed by atoms with E-state index in [0.29, 0.717) is 11.3 Å². The van der Waals surface area contributed by atoms with Gasteiger partial charge in [0, 0.05) is 18.8 Å². The summed E-state index contributed by atoms with van der Waals surface area (Å²) in [4.78, 5) is 33.9. The quantitative estimate of drug-likeness (QED) is 0.718. The Bertz CT molecular complexity index is 807. The highest BCUT2D eigenvalue weighted by Gasteiger charge is 2.21. The predicted octanol–water partition coefficient (Wildman–Crippen LogP) is 1.47. The van der Waals surface area contributed by atoms with Gasteiger partial charge in [0.15, 0.2) is 0 Å². The lowest BCUT2D eigenvalue weighted by Gasteiger charge is -2.07. The van der Waals surface area contributed by atoms with Crippen molar-refractivity contribution in [2.45, 2.75) is 0 Å². The average molecular weight is 315 g/mol. The number of aryl methyl sites for hydroxylation is 1. The van der Waals surface area contributed by atoms with Crippen molar-refractivity contribution < 1.29 is 24.6 Å². The summed E-state index contributed by atoms with van der Waals surface area (Å²) in [7, 11) is 1.47. The van der Waals surface area contributed by atoms with E-state index < -0.39 is 17.8 Å². The third kappa shape index (κ3) is 3.82. The first kappa shape index (κ1) is 16.0. The van der Waals surface area contributed by atoms with Crippen LogP contribution in [-0.4, -0.2) is 37.8 Å². The van der Waals surface area contributed by atoms with Crippen LogP contribution in [0.15, 0.2) is 36.5 Å². The highest BCUT2D eigenvalue weighted by Crippen LogP contribution is 2.15. The molecule has 8 nitrogen and oxygen atoms in total. The van der Waals surface area contributed by atoms with Crippen LogP contribution in [0.3, 0.4) is 0 Å². The van der Waals surface area contributed by atoms with Crippen LogP contribution in [-0.2, 0) is 11.8 Å². The third-order valence-corrected chi connectivity index (χ3v) is 2.95. The lowest BCUT2D eigenvalue weighted by molar-refractivity contribution is -0.131. The van der Waals surface area contributed by atoms with Crippen molar-refractivity contribution in [3.05, 3.63) is 53.4 Å². The normalized spacial score (nSPS) is 10.7. The van der Waals surface area contributed by atoms with E-state index in [0.717, 1.165) is 12.3 Å². The van der Waals surface area contributed by atoms with E-state index in [1.165, 1.54) is 17.8 Å². The molecule has 23 heavy (non-hydrogen) atoms. The first-order chi connectivity index (χ1) is 10.9. The van der Waals surface area contributed by atoms with E-state index in [1.807, 2.05) is 0 Å². The molecule has 0 bridgehead atoms. The highest BCUT2D eigenvalue weighted by atomic mass is 16.4. The highest BCUT2D eigenvalue weighted by molar-refractivity contribution is 6.09. The molecule has 2 rings (SSSR count). The van der Waals surface area contributed by atoms with Crippen LogP contribution >= 0.6 is 0 Å². The number of aromatic nitrogens is 2. The molecule has 0 saturated carbocycles. The van der Waals surface area contributed by atoms with E-state index in [1.54, 1.807) is 24.3 Å². The Kier molecular flexibility index (Phi) is 4.55. The summed E-state index contributed by atoms with van der Waals surface area (Å²) in [5.41, 5.74) is 0.699. The molecule has 1 heterocycles. The van der Waals surface area contributed by atoms with Gasteiger partial charge in [-0.2, -0.15) is 5.10 Å². The van der Waals surface area contributed by atoms with Crippen LogP contribution in [0, 0.1) is 0 Å². The number of carbonyl (C=O) groups excluding carboxylic acids is 1. The zero-order valence-electron chi connectivity index (χ0n) is 12.1. The van der Waals surface area contributed by atoms with E-state index in [2.05, 4.69) is 10.4 Å². The van der Waals surface area contributed by atoms with Gasteiger partial charge in [-0.05, 0) is 23.8 Å². The van der Waals surface area contributed by atoms with Gasteiger partial charge in [-0.3, -0.25) is 9.48 Å². The Hall–Kier alpha value is -3.42. The SMILES string of the molecule is Cn1ncc(C(=O)O)c1C(=O)Nc1cccc(C=CC(=O)O)c1. The summed E-state index contributed by atoms with van der Waals surface area (Å²) in [5.74, 6) is -2.96. The average Bonchev–Trinajstić information content (AvgIpc) is 2.87. The fourth-order valence-electron chi connectivity index (χ4n) is 1.94. The van der Waals surface area contributed by atoms with Crippen LogP contribution in [0.4, 0.5) is 5.69 Å². The topological polar surface area (TPSA) is 122 Å². The number of carboxylic acids is 2. The number of hydrogen-bond acceptors (Lipinski definition) is 4. The van der Waals surface area contributed by atoms with E-state index >= 15 is 0 Å². The molecule has 1 aromatic carbocycles. The Balaban J connectivity index is 2.24. The molecule has 0 unspecified atom stereocenters. The minimum Gasteiger partial charge on any atom is -0.478 e. The van der Waals surface area contributed by atoms with Crippen LogP contribution < -0.4 is 5.32 Å². The van der Waals surface area contributed by atoms with Gasteiger partial charge < -0.3 is 15.5 Å². The molecule has 0 aliphatic carbocycles. The summed E-state index contributed by atoms with van der Waals surface area (Å²) in [6, 6.07) is 6.47. The summed E-state index contributed by atoms with van der Waals surface area (Å²) in [6.07, 6.45) is 3.46. The Labute approximate surface area is 130 Å². The fourth-order valence-corrected chi connectivity index (χ4v) is 1.94. The van der Waals surface area contributed by atoms with Gasteiger partial charge in [0.25, 0.3) is 5.91 Å². The molecule has 0 aliphatic rings. The minimum atomic E-state index is -1.25. The second kappa shape index (κ2) is 6.56. The van der Waals surface area contributed by atoms with Gasteiger partial charge >= 0.3 is 11.9 Å². The number of amides is 1. The molecule has 0 aliphatic heterocycles. The van der Waals surface area contributed by atoms with Crippen LogP contribution in [0.1, 0.15) is 26.4 Å². The molecule has 8 heteroatoms. The second-order valence-electron chi connectivity index (χ2n) is 4.59. The number of nitrogens with one attached hydrogen (secondary N) is 1. The number of hydrogen-bond donors (Lipinski definition) is 3. The van der Waals surface area contributed by atoms with Crippen molar-refractivity contribution in [2.75, 3.05) is 5.32 Å². The van der Waals surface area contributed by atoms with Gasteiger partial charge in [-0.1, -0.05) is 12.1 Å². The van der Waals surface area contributed by atoms with Crippen molar-refractivity contribution >= 4 is 29.6 Å². The number of benzene rings is 1. The van der Waals surface area contributed by atoms with E-state index in [4.69, 9.17) is 10.2 Å². The maximum atomic E-state index is 12.3. The van der Waals surface area contributed by atoms with Gasteiger partial charge in [0.05, 0.1) is 6.20 Å². The first-order valence-electron chi connectivity index (χ1n) is 6.46. The Morgan fingerprint density at radius 2 is 2.00 bits per heavy atom. The van der Waals surface area contributed by atoms with E-state index in [9.17, 15) is 14.4 Å². The smallest absolute Gasteiger partial charge is 0.339 e. The van der Waals surface area contributed by atoms with Crippen molar-refractivity contribution in [1.82, 2.24) is 9.78 Å². The molecule has 3 N–H and O–H groups in total. The number of aliphatic carboxylic acids is 1. The summed E-state index contributed by atoms with van der Waals surface area (Å²) >= 11 is 0. The molecular weight excluding hydrogens is 302 g/mol. The van der Waals surface area contributed by atoms with Crippen molar-refractivity contribution in [1.29, 1.82) is 0 Å². The molecule has 2 aromatic rings. The first-order valence-corrected chi connectivity index (χ1v) is 6.46. The van der Waals surface area contributed by atoms with Crippen LogP contribution in [0.5, 0.6) is 0 Å². The summed E-state index contributed by atoms with van der Waals surface area (Å²) in [6.45, 7) is 0. The molecule has 118 valence electrons. The zero-order valence-corrected chi connectivity index (χ0v) is 12.1. The van der Waals surface area contributed by atoms with E-state index in [-0.39, 0.29) is 11.3 Å². The standard InChI is InChI=1S/C15H13N3O5/c1-18-13(11(8-16-18)15(22)23)14(21)17-10-4-2-3-9(7-10)5-6-12(19)20/h2-8H,1H3,(H,17,21)(H,19,20)(H,22,23). The number of carbonyl (C=O) groups is 3. The lowest BCUT2D eigenvalue weighted by Crippen LogP contribution is -2.19. The minimum absolute atomic E-state index is 0.0796. The van der Waals surface area contributed by atoms with Crippen molar-refractivity contribution in [3.8, 4) is 0 Å². The number of carboxylic acid groups (broad SMARTS) is 2. The molecule has 0 fully saturated rings. The number of anilines is 1. The third-order valence-electron chi connectivity index (χ3n) is 2.95. The van der Waals surface area contributed by atoms with Crippen molar-refractivity contribution in [3.63, 3.8) is 0 Å². The summed E-state index contributed by atoms with van der Waals surface area (Å²) < 4.78 is 1.17. The largest absolute Gasteiger partial charge is 0.478 e. The van der Waals surface area contributed by atoms with Gasteiger partial charge in [-0.25, -0.2) is 9.59 Å². The maximum Gasteiger partial charge on any atom is 0.339 e. The fraction of sp³-hybridized carbons (Fsp3) is 0.0667. The van der Waals surface area contributed by atoms with Crippen LogP contribution in [0.25, 0.3) is 6.08 Å². The molecule has 0 spiro atoms. The van der Waals surface area contributed by atoms with Gasteiger partial charge in [0.2, 0.25) is 0 Å². The predicted molar refractivity (Wildman–Crippen MR) is 81.2 cm³/mol. The lowest BCUT2D eigenvalue weighted by atomic mass is 10.1.